The molecule has 0 spiro atoms. The van der Waals surface area contributed by atoms with Crippen molar-refractivity contribution in [3.05, 3.63) is 42.1 Å². The Bertz CT molecular complexity index is 1150. The van der Waals surface area contributed by atoms with Crippen LogP contribution in [0.5, 0.6) is 0 Å². The fourth-order valence-corrected chi connectivity index (χ4v) is 3.89. The lowest BCUT2D eigenvalue weighted by Crippen LogP contribution is -2.43. The Kier molecular flexibility index (Phi) is 4.86. The molecule has 1 aromatic carbocycles. The molecule has 9 nitrogen and oxygen atoms in total. The first-order chi connectivity index (χ1) is 13.0. The molecule has 0 fully saturated rings. The van der Waals surface area contributed by atoms with Crippen LogP contribution in [0.15, 0.2) is 46.5 Å². The Morgan fingerprint density at radius 2 is 1.93 bits per heavy atom. The second kappa shape index (κ2) is 6.88. The number of benzene rings is 1. The number of amides is 1. The van der Waals surface area contributed by atoms with Crippen LogP contribution in [0.2, 0.25) is 0 Å². The second-order valence-electron chi connectivity index (χ2n) is 7.23. The number of hydrogen-bond donors (Lipinski definition) is 2. The van der Waals surface area contributed by atoms with Crippen molar-refractivity contribution in [1.82, 2.24) is 15.0 Å². The predicted octanol–water partition coefficient (Wildman–Crippen LogP) is 2.71. The summed E-state index contributed by atoms with van der Waals surface area (Å²) in [5.74, 6) is 5.58. The maximum absolute atomic E-state index is 13.2. The van der Waals surface area contributed by atoms with Crippen molar-refractivity contribution in [3.63, 3.8) is 0 Å². The zero-order valence-corrected chi connectivity index (χ0v) is 16.7. The van der Waals surface area contributed by atoms with Crippen molar-refractivity contribution < 1.29 is 17.9 Å². The van der Waals surface area contributed by atoms with Crippen LogP contribution in [0.3, 0.4) is 0 Å². The minimum Gasteiger partial charge on any atom is -0.442 e. The lowest BCUT2D eigenvalue weighted by Gasteiger charge is -2.24. The van der Waals surface area contributed by atoms with Gasteiger partial charge in [0.05, 0.1) is 4.90 Å². The normalized spacial score (nSPS) is 12.2. The van der Waals surface area contributed by atoms with Gasteiger partial charge in [0, 0.05) is 6.20 Å². The average molecular weight is 403 g/mol. The molecule has 0 aliphatic rings. The van der Waals surface area contributed by atoms with E-state index in [0.29, 0.717) is 10.5 Å². The molecular weight excluding hydrogens is 382 g/mol. The van der Waals surface area contributed by atoms with E-state index in [1.54, 1.807) is 52.1 Å². The standard InChI is InChI=1S/C18H21N5O4S/c1-11-6-5-7-12(10-11)28(25,26)16-15(21-13-8-9-20-14(13)22-16)23(19)17(24)27-18(2,3)4/h5-10H,19H2,1-4H3,(H,20,22). The number of sulfone groups is 1. The number of aromatic amines is 1. The van der Waals surface area contributed by atoms with E-state index in [2.05, 4.69) is 15.0 Å². The van der Waals surface area contributed by atoms with E-state index in [4.69, 9.17) is 10.6 Å². The summed E-state index contributed by atoms with van der Waals surface area (Å²) in [7, 11) is -4.11. The first kappa shape index (κ1) is 19.8. The molecule has 0 aliphatic heterocycles. The Morgan fingerprint density at radius 1 is 1.21 bits per heavy atom. The van der Waals surface area contributed by atoms with Crippen molar-refractivity contribution in [2.24, 2.45) is 5.84 Å². The Labute approximate surface area is 162 Å². The number of H-pyrrole nitrogens is 1. The molecule has 3 aromatic rings. The molecule has 10 heteroatoms. The molecule has 0 saturated carbocycles. The lowest BCUT2D eigenvalue weighted by atomic mass is 10.2. The highest BCUT2D eigenvalue weighted by Crippen LogP contribution is 2.29. The molecule has 0 bridgehead atoms. The van der Waals surface area contributed by atoms with Crippen LogP contribution in [0.4, 0.5) is 10.6 Å². The van der Waals surface area contributed by atoms with Crippen LogP contribution in [0.25, 0.3) is 11.2 Å². The monoisotopic (exact) mass is 403 g/mol. The highest BCUT2D eigenvalue weighted by molar-refractivity contribution is 7.91. The van der Waals surface area contributed by atoms with Crippen LogP contribution >= 0.6 is 0 Å². The third kappa shape index (κ3) is 3.82. The highest BCUT2D eigenvalue weighted by atomic mass is 32.2. The van der Waals surface area contributed by atoms with Gasteiger partial charge in [-0.15, -0.1) is 0 Å². The van der Waals surface area contributed by atoms with Crippen molar-refractivity contribution >= 4 is 32.9 Å². The number of hydrogen-bond acceptors (Lipinski definition) is 7. The van der Waals surface area contributed by atoms with Crippen LogP contribution in [0.1, 0.15) is 26.3 Å². The molecular formula is C18H21N5O4S. The number of nitrogens with two attached hydrogens (primary N) is 1. The van der Waals surface area contributed by atoms with Crippen LogP contribution in [-0.4, -0.2) is 35.1 Å². The van der Waals surface area contributed by atoms with Crippen molar-refractivity contribution in [2.45, 2.75) is 43.2 Å². The van der Waals surface area contributed by atoms with Crippen molar-refractivity contribution in [1.29, 1.82) is 0 Å². The second-order valence-corrected chi connectivity index (χ2v) is 9.10. The van der Waals surface area contributed by atoms with E-state index in [0.717, 1.165) is 5.56 Å². The fraction of sp³-hybridized carbons (Fsp3) is 0.278. The molecule has 0 saturated heterocycles. The number of ether oxygens (including phenoxy) is 1. The van der Waals surface area contributed by atoms with Crippen LogP contribution in [0, 0.1) is 6.92 Å². The molecule has 0 aliphatic carbocycles. The van der Waals surface area contributed by atoms with Crippen LogP contribution < -0.4 is 10.9 Å². The number of fused-ring (bicyclic) bond motifs is 1. The molecule has 148 valence electrons. The third-order valence-corrected chi connectivity index (χ3v) is 5.37. The number of carbonyl (C=O) groups excluding carboxylic acids is 1. The molecule has 0 radical (unpaired) electrons. The molecule has 0 atom stereocenters. The number of rotatable bonds is 3. The minimum absolute atomic E-state index is 0.0199. The summed E-state index contributed by atoms with van der Waals surface area (Å²) in [6.07, 6.45) is 0.614. The molecule has 2 aromatic heterocycles. The van der Waals surface area contributed by atoms with E-state index in [-0.39, 0.29) is 16.4 Å². The number of carbonyl (C=O) groups is 1. The van der Waals surface area contributed by atoms with Crippen LogP contribution in [-0.2, 0) is 14.6 Å². The number of hydrazine groups is 1. The number of aromatic nitrogens is 3. The fourth-order valence-electron chi connectivity index (χ4n) is 2.47. The van der Waals surface area contributed by atoms with Gasteiger partial charge in [-0.25, -0.2) is 29.0 Å². The quantitative estimate of drug-likeness (QED) is 0.390. The number of nitrogens with zero attached hydrogens (tertiary/aromatic N) is 3. The van der Waals surface area contributed by atoms with E-state index in [9.17, 15) is 13.2 Å². The molecule has 3 N–H and O–H groups in total. The smallest absolute Gasteiger partial charge is 0.430 e. The van der Waals surface area contributed by atoms with E-state index >= 15 is 0 Å². The zero-order valence-electron chi connectivity index (χ0n) is 15.9. The van der Waals surface area contributed by atoms with E-state index in [1.165, 1.54) is 12.1 Å². The lowest BCUT2D eigenvalue weighted by molar-refractivity contribution is 0.0578. The van der Waals surface area contributed by atoms with Crippen molar-refractivity contribution in [2.75, 3.05) is 5.01 Å². The average Bonchev–Trinajstić information content (AvgIpc) is 3.06. The molecule has 3 rings (SSSR count). The van der Waals surface area contributed by atoms with Gasteiger partial charge in [-0.3, -0.25) is 0 Å². The maximum Gasteiger partial charge on any atom is 0.430 e. The maximum atomic E-state index is 13.2. The molecule has 28 heavy (non-hydrogen) atoms. The summed E-state index contributed by atoms with van der Waals surface area (Å²) in [6.45, 7) is 6.79. The number of anilines is 1. The summed E-state index contributed by atoms with van der Waals surface area (Å²) >= 11 is 0. The topological polar surface area (TPSA) is 131 Å². The summed E-state index contributed by atoms with van der Waals surface area (Å²) in [4.78, 5) is 23.7. The molecule has 0 unspecified atom stereocenters. The summed E-state index contributed by atoms with van der Waals surface area (Å²) in [5.41, 5.74) is 0.550. The van der Waals surface area contributed by atoms with E-state index < -0.39 is 26.6 Å². The first-order valence-electron chi connectivity index (χ1n) is 8.44. The number of aryl methyl sites for hydroxylation is 1. The Balaban J connectivity index is 2.19. The van der Waals surface area contributed by atoms with Gasteiger partial charge < -0.3 is 9.72 Å². The number of nitrogens with one attached hydrogen (secondary N) is 1. The van der Waals surface area contributed by atoms with Gasteiger partial charge in [0.1, 0.15) is 11.1 Å². The van der Waals surface area contributed by atoms with Crippen molar-refractivity contribution in [3.8, 4) is 0 Å². The molecule has 2 heterocycles. The minimum atomic E-state index is -4.11. The van der Waals surface area contributed by atoms with Gasteiger partial charge in [-0.2, -0.15) is 5.01 Å². The summed E-state index contributed by atoms with van der Waals surface area (Å²) in [5, 5.41) is 0.120. The van der Waals surface area contributed by atoms with Gasteiger partial charge in [0.25, 0.3) is 0 Å². The third-order valence-electron chi connectivity index (χ3n) is 3.71. The zero-order chi connectivity index (χ0) is 20.7. The predicted molar refractivity (Wildman–Crippen MR) is 103 cm³/mol. The highest BCUT2D eigenvalue weighted by Gasteiger charge is 2.32. The Hall–Kier alpha value is -2.98. The van der Waals surface area contributed by atoms with Gasteiger partial charge in [0.2, 0.25) is 14.9 Å². The largest absolute Gasteiger partial charge is 0.442 e. The first-order valence-corrected chi connectivity index (χ1v) is 9.92. The Morgan fingerprint density at radius 3 is 2.57 bits per heavy atom. The van der Waals surface area contributed by atoms with Gasteiger partial charge in [-0.1, -0.05) is 12.1 Å². The SMILES string of the molecule is Cc1cccc(S(=O)(=O)c2nc3[nH]ccc3nc2N(N)C(=O)OC(C)(C)C)c1. The van der Waals surface area contributed by atoms with E-state index in [1.807, 2.05) is 0 Å². The molecule has 1 amide bonds. The van der Waals surface area contributed by atoms with Gasteiger partial charge in [0.15, 0.2) is 11.5 Å². The summed E-state index contributed by atoms with van der Waals surface area (Å²) < 4.78 is 31.7. The van der Waals surface area contributed by atoms with Gasteiger partial charge >= 0.3 is 6.09 Å². The summed E-state index contributed by atoms with van der Waals surface area (Å²) in [6, 6.07) is 7.94. The van der Waals surface area contributed by atoms with Gasteiger partial charge in [-0.05, 0) is 51.5 Å².